The Bertz CT molecular complexity index is 757. The third-order valence-corrected chi connectivity index (χ3v) is 3.57. The SMILES string of the molecule is COCCCOc1cccc(C(=O)Nc2ccc(C(=O)O)c(C)c2)c1. The van der Waals surface area contributed by atoms with Crippen LogP contribution < -0.4 is 10.1 Å². The van der Waals surface area contributed by atoms with E-state index in [2.05, 4.69) is 5.32 Å². The molecule has 0 unspecified atom stereocenters. The van der Waals surface area contributed by atoms with Gasteiger partial charge in [0.05, 0.1) is 12.2 Å². The second-order valence-electron chi connectivity index (χ2n) is 5.51. The summed E-state index contributed by atoms with van der Waals surface area (Å²) in [6, 6.07) is 11.6. The number of carbonyl (C=O) groups is 2. The fourth-order valence-electron chi connectivity index (χ4n) is 2.31. The average Bonchev–Trinajstić information content (AvgIpc) is 2.59. The van der Waals surface area contributed by atoms with Crippen molar-refractivity contribution in [2.75, 3.05) is 25.6 Å². The second-order valence-corrected chi connectivity index (χ2v) is 5.51. The number of ether oxygens (including phenoxy) is 2. The molecule has 1 amide bonds. The highest BCUT2D eigenvalue weighted by atomic mass is 16.5. The highest BCUT2D eigenvalue weighted by Gasteiger charge is 2.11. The number of hydrogen-bond acceptors (Lipinski definition) is 4. The number of amides is 1. The van der Waals surface area contributed by atoms with Crippen molar-refractivity contribution >= 4 is 17.6 Å². The summed E-state index contributed by atoms with van der Waals surface area (Å²) in [5.41, 5.74) is 1.80. The van der Waals surface area contributed by atoms with Gasteiger partial charge in [0.1, 0.15) is 5.75 Å². The Hall–Kier alpha value is -2.86. The van der Waals surface area contributed by atoms with Gasteiger partial charge in [-0.1, -0.05) is 6.07 Å². The lowest BCUT2D eigenvalue weighted by atomic mass is 10.1. The minimum Gasteiger partial charge on any atom is -0.493 e. The molecule has 0 fully saturated rings. The Morgan fingerprint density at radius 3 is 2.60 bits per heavy atom. The molecule has 0 aliphatic rings. The van der Waals surface area contributed by atoms with Crippen molar-refractivity contribution in [3.05, 3.63) is 59.2 Å². The van der Waals surface area contributed by atoms with Crippen LogP contribution in [0.5, 0.6) is 5.75 Å². The van der Waals surface area contributed by atoms with E-state index in [-0.39, 0.29) is 11.5 Å². The summed E-state index contributed by atoms with van der Waals surface area (Å²) in [5, 5.41) is 11.8. The Morgan fingerprint density at radius 2 is 1.92 bits per heavy atom. The van der Waals surface area contributed by atoms with E-state index in [1.807, 2.05) is 0 Å². The van der Waals surface area contributed by atoms with Crippen molar-refractivity contribution in [3.8, 4) is 5.75 Å². The van der Waals surface area contributed by atoms with Gasteiger partial charge in [-0.05, 0) is 48.9 Å². The standard InChI is InChI=1S/C19H21NO5/c1-13-11-15(7-8-17(13)19(22)23)20-18(21)14-5-3-6-16(12-14)25-10-4-9-24-2/h3,5-8,11-12H,4,9-10H2,1-2H3,(H,20,21)(H,22,23). The molecule has 6 heteroatoms. The number of aromatic carboxylic acids is 1. The van der Waals surface area contributed by atoms with Crippen LogP contribution in [-0.2, 0) is 4.74 Å². The number of nitrogens with one attached hydrogen (secondary N) is 1. The van der Waals surface area contributed by atoms with Gasteiger partial charge in [-0.3, -0.25) is 4.79 Å². The van der Waals surface area contributed by atoms with Crippen LogP contribution in [0.3, 0.4) is 0 Å². The van der Waals surface area contributed by atoms with Gasteiger partial charge >= 0.3 is 5.97 Å². The van der Waals surface area contributed by atoms with Crippen LogP contribution in [-0.4, -0.2) is 37.3 Å². The van der Waals surface area contributed by atoms with Gasteiger partial charge in [-0.2, -0.15) is 0 Å². The van der Waals surface area contributed by atoms with E-state index in [0.717, 1.165) is 6.42 Å². The minimum atomic E-state index is -0.992. The lowest BCUT2D eigenvalue weighted by Crippen LogP contribution is -2.13. The van der Waals surface area contributed by atoms with E-state index < -0.39 is 5.97 Å². The van der Waals surface area contributed by atoms with Crippen LogP contribution in [0.25, 0.3) is 0 Å². The maximum atomic E-state index is 12.4. The molecule has 0 atom stereocenters. The summed E-state index contributed by atoms with van der Waals surface area (Å²) in [5.74, 6) is -0.667. The lowest BCUT2D eigenvalue weighted by molar-refractivity contribution is 0.0696. The van der Waals surface area contributed by atoms with E-state index >= 15 is 0 Å². The number of anilines is 1. The Kier molecular flexibility index (Phi) is 6.54. The van der Waals surface area contributed by atoms with Crippen LogP contribution in [0.2, 0.25) is 0 Å². The molecule has 2 rings (SSSR count). The first-order chi connectivity index (χ1) is 12.0. The molecule has 6 nitrogen and oxygen atoms in total. The van der Waals surface area contributed by atoms with Gasteiger partial charge in [0.2, 0.25) is 0 Å². The first-order valence-electron chi connectivity index (χ1n) is 7.88. The highest BCUT2D eigenvalue weighted by molar-refractivity contribution is 6.04. The number of methoxy groups -OCH3 is 1. The summed E-state index contributed by atoms with van der Waals surface area (Å²) in [7, 11) is 1.63. The van der Waals surface area contributed by atoms with Crippen LogP contribution >= 0.6 is 0 Å². The summed E-state index contributed by atoms with van der Waals surface area (Å²) >= 11 is 0. The summed E-state index contributed by atoms with van der Waals surface area (Å²) < 4.78 is 10.5. The number of carboxylic acids is 1. The molecule has 0 aliphatic heterocycles. The van der Waals surface area contributed by atoms with Gasteiger partial charge in [-0.15, -0.1) is 0 Å². The number of hydrogen-bond donors (Lipinski definition) is 2. The largest absolute Gasteiger partial charge is 0.493 e. The molecular weight excluding hydrogens is 322 g/mol. The molecule has 2 aromatic rings. The normalized spacial score (nSPS) is 10.3. The van der Waals surface area contributed by atoms with Gasteiger partial charge < -0.3 is 19.9 Å². The molecule has 2 aromatic carbocycles. The zero-order chi connectivity index (χ0) is 18.2. The number of aryl methyl sites for hydroxylation is 1. The quantitative estimate of drug-likeness (QED) is 0.718. The zero-order valence-corrected chi connectivity index (χ0v) is 14.2. The molecule has 132 valence electrons. The number of carbonyl (C=O) groups excluding carboxylic acids is 1. The molecular formula is C19H21NO5. The third-order valence-electron chi connectivity index (χ3n) is 3.57. The van der Waals surface area contributed by atoms with Crippen LogP contribution in [0.1, 0.15) is 32.7 Å². The van der Waals surface area contributed by atoms with E-state index in [1.165, 1.54) is 6.07 Å². The Labute approximate surface area is 146 Å². The van der Waals surface area contributed by atoms with E-state index in [1.54, 1.807) is 50.4 Å². The second kappa shape index (κ2) is 8.84. The van der Waals surface area contributed by atoms with Crippen molar-refractivity contribution < 1.29 is 24.2 Å². The van der Waals surface area contributed by atoms with Crippen molar-refractivity contribution in [2.24, 2.45) is 0 Å². The van der Waals surface area contributed by atoms with E-state index in [0.29, 0.717) is 35.8 Å². The predicted molar refractivity (Wildman–Crippen MR) is 94.5 cm³/mol. The first-order valence-corrected chi connectivity index (χ1v) is 7.88. The third kappa shape index (κ3) is 5.32. The maximum absolute atomic E-state index is 12.4. The zero-order valence-electron chi connectivity index (χ0n) is 14.2. The Morgan fingerprint density at radius 1 is 1.12 bits per heavy atom. The number of rotatable bonds is 8. The van der Waals surface area contributed by atoms with Gasteiger partial charge in [0, 0.05) is 31.4 Å². The van der Waals surface area contributed by atoms with Crippen molar-refractivity contribution in [3.63, 3.8) is 0 Å². The fourth-order valence-corrected chi connectivity index (χ4v) is 2.31. The molecule has 0 bridgehead atoms. The summed E-state index contributed by atoms with van der Waals surface area (Å²) in [6.07, 6.45) is 0.766. The monoisotopic (exact) mass is 343 g/mol. The van der Waals surface area contributed by atoms with Crippen molar-refractivity contribution in [1.29, 1.82) is 0 Å². The fraction of sp³-hybridized carbons (Fsp3) is 0.263. The summed E-state index contributed by atoms with van der Waals surface area (Å²) in [4.78, 5) is 23.4. The van der Waals surface area contributed by atoms with E-state index in [9.17, 15) is 9.59 Å². The topological polar surface area (TPSA) is 84.9 Å². The molecule has 0 radical (unpaired) electrons. The van der Waals surface area contributed by atoms with Crippen molar-refractivity contribution in [2.45, 2.75) is 13.3 Å². The van der Waals surface area contributed by atoms with Gasteiger partial charge in [0.15, 0.2) is 0 Å². The molecule has 2 N–H and O–H groups in total. The highest BCUT2D eigenvalue weighted by Crippen LogP contribution is 2.18. The molecule has 0 saturated heterocycles. The number of benzene rings is 2. The van der Waals surface area contributed by atoms with Crippen LogP contribution in [0.4, 0.5) is 5.69 Å². The molecule has 0 spiro atoms. The first kappa shape index (κ1) is 18.5. The van der Waals surface area contributed by atoms with Crippen LogP contribution in [0.15, 0.2) is 42.5 Å². The maximum Gasteiger partial charge on any atom is 0.335 e. The lowest BCUT2D eigenvalue weighted by Gasteiger charge is -2.10. The van der Waals surface area contributed by atoms with Crippen molar-refractivity contribution in [1.82, 2.24) is 0 Å². The van der Waals surface area contributed by atoms with Gasteiger partial charge in [-0.25, -0.2) is 4.79 Å². The molecule has 0 saturated carbocycles. The average molecular weight is 343 g/mol. The molecule has 0 heterocycles. The Balaban J connectivity index is 2.03. The van der Waals surface area contributed by atoms with Crippen LogP contribution in [0, 0.1) is 6.92 Å². The molecule has 0 aromatic heterocycles. The minimum absolute atomic E-state index is 0.212. The summed E-state index contributed by atoms with van der Waals surface area (Å²) in [6.45, 7) is 2.81. The molecule has 0 aliphatic carbocycles. The number of carboxylic acid groups (broad SMARTS) is 1. The van der Waals surface area contributed by atoms with Gasteiger partial charge in [0.25, 0.3) is 5.91 Å². The molecule has 25 heavy (non-hydrogen) atoms. The predicted octanol–water partition coefficient (Wildman–Crippen LogP) is 3.36. The van der Waals surface area contributed by atoms with E-state index in [4.69, 9.17) is 14.6 Å². The smallest absolute Gasteiger partial charge is 0.335 e.